The van der Waals surface area contributed by atoms with Crippen molar-refractivity contribution in [2.45, 2.75) is 163 Å². The SMILES string of the molecule is CC(C)(C)C(=O)O[C@H]1C[C@@]2(C)[C@@H]3C[C@H](O)[C@H]4C(C)(C)C(O)CCC45C[C@@]35CC[C@]2(C)[C@H]1[C@@]1(C)CC[C@@H](C(C)(C)O)O1. The summed E-state index contributed by atoms with van der Waals surface area (Å²) in [6, 6.07) is 0. The molecule has 5 aliphatic carbocycles. The van der Waals surface area contributed by atoms with Crippen LogP contribution in [0, 0.1) is 50.2 Å². The second-order valence-electron chi connectivity index (χ2n) is 18.5. The lowest BCUT2D eigenvalue weighted by Gasteiger charge is -2.64. The maximum atomic E-state index is 13.5. The minimum absolute atomic E-state index is 0.00480. The van der Waals surface area contributed by atoms with Crippen molar-refractivity contribution in [1.82, 2.24) is 0 Å². The van der Waals surface area contributed by atoms with E-state index in [-0.39, 0.29) is 63.2 Å². The van der Waals surface area contributed by atoms with Crippen LogP contribution in [0.25, 0.3) is 0 Å². The van der Waals surface area contributed by atoms with E-state index in [1.165, 1.54) is 0 Å². The van der Waals surface area contributed by atoms with Crippen LogP contribution >= 0.6 is 0 Å². The van der Waals surface area contributed by atoms with Crippen molar-refractivity contribution in [2.24, 2.45) is 50.2 Å². The average molecular weight is 575 g/mol. The Kier molecular flexibility index (Phi) is 6.30. The third-order valence-electron chi connectivity index (χ3n) is 14.6. The molecule has 0 aromatic heterocycles. The van der Waals surface area contributed by atoms with Crippen molar-refractivity contribution in [3.8, 4) is 0 Å². The number of esters is 1. The Balaban J connectivity index is 1.41. The number of rotatable bonds is 3. The first-order chi connectivity index (χ1) is 18.6. The summed E-state index contributed by atoms with van der Waals surface area (Å²) in [6.07, 6.45) is 6.98. The highest BCUT2D eigenvalue weighted by Gasteiger charge is 2.85. The van der Waals surface area contributed by atoms with E-state index in [1.807, 2.05) is 34.6 Å². The molecule has 6 rings (SSSR count). The summed E-state index contributed by atoms with van der Waals surface area (Å²) in [4.78, 5) is 13.5. The molecule has 1 saturated heterocycles. The van der Waals surface area contributed by atoms with Crippen molar-refractivity contribution in [3.05, 3.63) is 0 Å². The lowest BCUT2D eigenvalue weighted by atomic mass is 9.41. The molecule has 0 radical (unpaired) electrons. The lowest BCUT2D eigenvalue weighted by Crippen LogP contribution is -2.62. The van der Waals surface area contributed by atoms with Gasteiger partial charge in [-0.1, -0.05) is 27.7 Å². The van der Waals surface area contributed by atoms with E-state index < -0.39 is 22.7 Å². The number of ether oxygens (including phenoxy) is 2. The molecule has 6 aliphatic rings. The molecule has 0 aromatic carbocycles. The molecular weight excluding hydrogens is 516 g/mol. The van der Waals surface area contributed by atoms with Crippen molar-refractivity contribution in [3.63, 3.8) is 0 Å². The molecule has 0 amide bonds. The van der Waals surface area contributed by atoms with Crippen LogP contribution in [0.4, 0.5) is 0 Å². The Morgan fingerprint density at radius 1 is 0.854 bits per heavy atom. The van der Waals surface area contributed by atoms with Gasteiger partial charge in [0.15, 0.2) is 0 Å². The molecule has 0 aromatic rings. The molecule has 1 aliphatic heterocycles. The van der Waals surface area contributed by atoms with Gasteiger partial charge >= 0.3 is 5.97 Å². The van der Waals surface area contributed by atoms with Crippen molar-refractivity contribution >= 4 is 5.97 Å². The fourth-order valence-electron chi connectivity index (χ4n) is 12.5. The Morgan fingerprint density at radius 2 is 1.51 bits per heavy atom. The Bertz CT molecular complexity index is 1100. The third-order valence-corrected chi connectivity index (χ3v) is 14.6. The van der Waals surface area contributed by atoms with Gasteiger partial charge in [0.2, 0.25) is 0 Å². The molecule has 1 heterocycles. The van der Waals surface area contributed by atoms with Gasteiger partial charge in [-0.25, -0.2) is 0 Å². The second kappa shape index (κ2) is 8.52. The van der Waals surface area contributed by atoms with Crippen LogP contribution in [0.1, 0.15) is 127 Å². The Morgan fingerprint density at radius 3 is 2.10 bits per heavy atom. The van der Waals surface area contributed by atoms with Crippen LogP contribution in [0.5, 0.6) is 0 Å². The predicted octanol–water partition coefficient (Wildman–Crippen LogP) is 6.03. The molecule has 2 unspecified atom stereocenters. The van der Waals surface area contributed by atoms with Gasteiger partial charge in [0.1, 0.15) is 6.10 Å². The first-order valence-corrected chi connectivity index (χ1v) is 16.6. The van der Waals surface area contributed by atoms with Crippen LogP contribution in [0.2, 0.25) is 0 Å². The van der Waals surface area contributed by atoms with E-state index in [2.05, 4.69) is 34.6 Å². The second-order valence-corrected chi connectivity index (χ2v) is 18.5. The molecule has 6 nitrogen and oxygen atoms in total. The molecule has 0 bridgehead atoms. The van der Waals surface area contributed by atoms with E-state index in [1.54, 1.807) is 0 Å². The molecular formula is C35H58O6. The van der Waals surface area contributed by atoms with Gasteiger partial charge in [-0.05, 0) is 138 Å². The van der Waals surface area contributed by atoms with Gasteiger partial charge in [-0.3, -0.25) is 4.79 Å². The summed E-state index contributed by atoms with van der Waals surface area (Å²) in [5.41, 5.74) is -2.34. The van der Waals surface area contributed by atoms with Gasteiger partial charge in [0, 0.05) is 5.92 Å². The van der Waals surface area contributed by atoms with Crippen LogP contribution in [0.15, 0.2) is 0 Å². The van der Waals surface area contributed by atoms with Gasteiger partial charge in [-0.2, -0.15) is 0 Å². The standard InChI is InChI=1S/C35H58O6/c1-28(2,3)27(38)40-21-18-32(9)22-17-20(36)25-29(4,5)23(37)11-14-35(25)19-34(22,35)16-15-31(32,8)26(21)33(10)13-12-24(41-33)30(6,7)39/h20-26,36-37,39H,11-19H2,1-10H3/t20-,21-,22-,23?,24-,25-,26-,31+,32-,33+,34-,35?/m0/s1. The molecule has 2 spiro atoms. The fraction of sp³-hybridized carbons (Fsp3) is 0.971. The number of aliphatic hydroxyl groups excluding tert-OH is 2. The normalized spacial score (nSPS) is 54.0. The van der Waals surface area contributed by atoms with Gasteiger partial charge < -0.3 is 24.8 Å². The van der Waals surface area contributed by atoms with Crippen molar-refractivity contribution in [1.29, 1.82) is 0 Å². The van der Waals surface area contributed by atoms with E-state index in [4.69, 9.17) is 9.47 Å². The van der Waals surface area contributed by atoms with Crippen LogP contribution in [0.3, 0.4) is 0 Å². The number of hydrogen-bond acceptors (Lipinski definition) is 6. The largest absolute Gasteiger partial charge is 0.462 e. The zero-order valence-corrected chi connectivity index (χ0v) is 27.5. The Labute approximate surface area is 248 Å². The quantitative estimate of drug-likeness (QED) is 0.356. The minimum Gasteiger partial charge on any atom is -0.462 e. The Hall–Kier alpha value is -0.690. The first kappa shape index (κ1) is 30.3. The monoisotopic (exact) mass is 574 g/mol. The third kappa shape index (κ3) is 3.78. The summed E-state index contributed by atoms with van der Waals surface area (Å²) in [7, 11) is 0. The first-order valence-electron chi connectivity index (χ1n) is 16.6. The maximum absolute atomic E-state index is 13.5. The van der Waals surface area contributed by atoms with Crippen LogP contribution in [-0.4, -0.2) is 56.9 Å². The summed E-state index contributed by atoms with van der Waals surface area (Å²) in [6.45, 7) is 20.9. The number of carbonyl (C=O) groups excluding carboxylic acids is 1. The minimum atomic E-state index is -0.935. The molecule has 6 heteroatoms. The topological polar surface area (TPSA) is 96.2 Å². The summed E-state index contributed by atoms with van der Waals surface area (Å²) in [5.74, 6) is 0.299. The van der Waals surface area contributed by atoms with Gasteiger partial charge in [0.05, 0.1) is 34.9 Å². The van der Waals surface area contributed by atoms with E-state index >= 15 is 0 Å². The summed E-state index contributed by atoms with van der Waals surface area (Å²) >= 11 is 0. The number of carbonyl (C=O) groups is 1. The smallest absolute Gasteiger partial charge is 0.311 e. The van der Waals surface area contributed by atoms with E-state index in [0.717, 1.165) is 57.8 Å². The average Bonchev–Trinajstić information content (AvgIpc) is 3.17. The zero-order chi connectivity index (χ0) is 30.4. The van der Waals surface area contributed by atoms with Crippen LogP contribution < -0.4 is 0 Å². The zero-order valence-electron chi connectivity index (χ0n) is 27.5. The van der Waals surface area contributed by atoms with E-state index in [9.17, 15) is 20.1 Å². The highest BCUT2D eigenvalue weighted by molar-refractivity contribution is 5.75. The fourth-order valence-corrected chi connectivity index (χ4v) is 12.5. The highest BCUT2D eigenvalue weighted by Crippen LogP contribution is 2.89. The van der Waals surface area contributed by atoms with Gasteiger partial charge in [0.25, 0.3) is 0 Å². The number of aliphatic hydroxyl groups is 3. The van der Waals surface area contributed by atoms with E-state index in [0.29, 0.717) is 5.92 Å². The highest BCUT2D eigenvalue weighted by atomic mass is 16.6. The van der Waals surface area contributed by atoms with Crippen molar-refractivity contribution in [2.75, 3.05) is 0 Å². The lowest BCUT2D eigenvalue weighted by molar-refractivity contribution is -0.214. The number of hydrogen-bond donors (Lipinski definition) is 3. The molecule has 12 atom stereocenters. The summed E-state index contributed by atoms with van der Waals surface area (Å²) in [5, 5.41) is 33.8. The molecule has 41 heavy (non-hydrogen) atoms. The summed E-state index contributed by atoms with van der Waals surface area (Å²) < 4.78 is 13.4. The number of fused-ring (bicyclic) bond motifs is 2. The van der Waals surface area contributed by atoms with Gasteiger partial charge in [-0.15, -0.1) is 0 Å². The predicted molar refractivity (Wildman–Crippen MR) is 158 cm³/mol. The molecule has 6 fully saturated rings. The molecule has 3 N–H and O–H groups in total. The molecule has 5 saturated carbocycles. The van der Waals surface area contributed by atoms with Crippen molar-refractivity contribution < 1.29 is 29.6 Å². The maximum Gasteiger partial charge on any atom is 0.311 e. The van der Waals surface area contributed by atoms with Crippen LogP contribution in [-0.2, 0) is 14.3 Å². The molecule has 234 valence electrons.